The molecule has 0 radical (unpaired) electrons. The molecule has 0 aromatic rings. The highest BCUT2D eigenvalue weighted by molar-refractivity contribution is 5.80. The Morgan fingerprint density at radius 3 is 1.08 bits per heavy atom. The number of hydrogen-bond donors (Lipinski definition) is 8. The van der Waals surface area contributed by atoms with E-state index in [4.69, 9.17) is 9.47 Å². The number of amides is 1. The number of carbonyl (C=O) groups is 1. The first-order valence-electron chi connectivity index (χ1n) is 34.1. The van der Waals surface area contributed by atoms with E-state index in [-0.39, 0.29) is 6.42 Å². The second-order valence-electron chi connectivity index (χ2n) is 24.3. The van der Waals surface area contributed by atoms with Gasteiger partial charge in [0.05, 0.1) is 25.4 Å². The van der Waals surface area contributed by atoms with Gasteiger partial charge in [-0.3, -0.25) is 4.79 Å². The number of ether oxygens (including phenoxy) is 2. The van der Waals surface area contributed by atoms with Crippen molar-refractivity contribution in [1.29, 1.82) is 0 Å². The molecule has 78 heavy (non-hydrogen) atoms. The van der Waals surface area contributed by atoms with Crippen LogP contribution >= 0.6 is 0 Å². The lowest BCUT2D eigenvalue weighted by Gasteiger charge is -2.40. The van der Waals surface area contributed by atoms with Crippen LogP contribution in [0.5, 0.6) is 0 Å². The van der Waals surface area contributed by atoms with Gasteiger partial charge in [-0.2, -0.15) is 0 Å². The number of hydrogen-bond acceptors (Lipinski definition) is 10. The maximum Gasteiger partial charge on any atom is 0.249 e. The summed E-state index contributed by atoms with van der Waals surface area (Å²) in [5, 5.41) is 76.3. The van der Waals surface area contributed by atoms with Gasteiger partial charge >= 0.3 is 0 Å². The SMILES string of the molecule is CCCCCCCCCCCCCCCCCC/C=C\CCCCCCCCCCCCCCCCCCC(O)C(=O)NC(COC1OC(CO)C(O)C(O)C1O)C(O)C(O)CCCCCCCCCCCCCCCCC. The molecule has 1 rings (SSSR count). The van der Waals surface area contributed by atoms with Crippen LogP contribution in [-0.4, -0.2) is 110 Å². The Morgan fingerprint density at radius 2 is 0.744 bits per heavy atom. The first kappa shape index (κ1) is 74.9. The molecule has 11 heteroatoms. The molecule has 1 heterocycles. The van der Waals surface area contributed by atoms with E-state index in [9.17, 15) is 40.5 Å². The number of aliphatic hydroxyl groups excluding tert-OH is 7. The minimum absolute atomic E-state index is 0.265. The molecule has 9 atom stereocenters. The summed E-state index contributed by atoms with van der Waals surface area (Å²) in [6.45, 7) is 3.50. The molecule has 9 unspecified atom stereocenters. The third-order valence-corrected chi connectivity index (χ3v) is 16.8. The van der Waals surface area contributed by atoms with Crippen LogP contribution in [0.25, 0.3) is 0 Å². The third-order valence-electron chi connectivity index (χ3n) is 16.8. The summed E-state index contributed by atoms with van der Waals surface area (Å²) in [4.78, 5) is 13.2. The predicted octanol–water partition coefficient (Wildman–Crippen LogP) is 15.9. The fourth-order valence-corrected chi connectivity index (χ4v) is 11.3. The Bertz CT molecular complexity index is 1270. The minimum Gasteiger partial charge on any atom is -0.394 e. The van der Waals surface area contributed by atoms with Gasteiger partial charge in [0.2, 0.25) is 5.91 Å². The van der Waals surface area contributed by atoms with Crippen LogP contribution in [-0.2, 0) is 14.3 Å². The average Bonchev–Trinajstić information content (AvgIpc) is 3.46. The van der Waals surface area contributed by atoms with E-state index >= 15 is 0 Å². The highest BCUT2D eigenvalue weighted by Gasteiger charge is 2.44. The molecule has 0 saturated carbocycles. The van der Waals surface area contributed by atoms with E-state index in [0.717, 1.165) is 38.5 Å². The lowest BCUT2D eigenvalue weighted by molar-refractivity contribution is -0.303. The first-order chi connectivity index (χ1) is 38.2. The molecular formula is C67H131NO10. The monoisotopic (exact) mass is 1110 g/mol. The van der Waals surface area contributed by atoms with Gasteiger partial charge in [0, 0.05) is 0 Å². The second kappa shape index (κ2) is 56.3. The maximum atomic E-state index is 13.2. The molecule has 8 N–H and O–H groups in total. The number of nitrogens with one attached hydrogen (secondary N) is 1. The highest BCUT2D eigenvalue weighted by Crippen LogP contribution is 2.24. The summed E-state index contributed by atoms with van der Waals surface area (Å²) in [6, 6.07) is -1.17. The van der Waals surface area contributed by atoms with Crippen molar-refractivity contribution in [3.05, 3.63) is 12.2 Å². The summed E-state index contributed by atoms with van der Waals surface area (Å²) < 4.78 is 11.2. The van der Waals surface area contributed by atoms with Crippen LogP contribution in [0.3, 0.4) is 0 Å². The number of rotatable bonds is 60. The summed E-state index contributed by atoms with van der Waals surface area (Å²) in [6.07, 6.45) is 57.3. The Morgan fingerprint density at radius 1 is 0.436 bits per heavy atom. The maximum absolute atomic E-state index is 13.2. The Balaban J connectivity index is 2.12. The minimum atomic E-state index is -1.66. The molecular weight excluding hydrogens is 979 g/mol. The van der Waals surface area contributed by atoms with Crippen LogP contribution in [0.1, 0.15) is 341 Å². The van der Waals surface area contributed by atoms with Crippen molar-refractivity contribution >= 4 is 5.91 Å². The number of unbranched alkanes of at least 4 members (excludes halogenated alkanes) is 46. The molecule has 1 aliphatic rings. The first-order valence-corrected chi connectivity index (χ1v) is 34.1. The fraction of sp³-hybridized carbons (Fsp3) is 0.955. The summed E-state index contributed by atoms with van der Waals surface area (Å²) in [5.41, 5.74) is 0. The third kappa shape index (κ3) is 43.5. The van der Waals surface area contributed by atoms with E-state index in [1.54, 1.807) is 0 Å². The summed E-state index contributed by atoms with van der Waals surface area (Å²) in [7, 11) is 0. The highest BCUT2D eigenvalue weighted by atomic mass is 16.7. The topological polar surface area (TPSA) is 189 Å². The molecule has 1 amide bonds. The van der Waals surface area contributed by atoms with Gasteiger partial charge in [-0.05, 0) is 38.5 Å². The molecule has 11 nitrogen and oxygen atoms in total. The zero-order chi connectivity index (χ0) is 56.8. The lowest BCUT2D eigenvalue weighted by atomic mass is 9.98. The van der Waals surface area contributed by atoms with Gasteiger partial charge in [0.15, 0.2) is 6.29 Å². The van der Waals surface area contributed by atoms with Crippen LogP contribution in [0.15, 0.2) is 12.2 Å². The molecule has 1 aliphatic heterocycles. The lowest BCUT2D eigenvalue weighted by Crippen LogP contribution is -2.60. The fourth-order valence-electron chi connectivity index (χ4n) is 11.3. The van der Waals surface area contributed by atoms with E-state index in [0.29, 0.717) is 19.3 Å². The van der Waals surface area contributed by atoms with Gasteiger partial charge < -0.3 is 50.5 Å². The molecule has 0 aromatic heterocycles. The van der Waals surface area contributed by atoms with Crippen LogP contribution in [0.4, 0.5) is 0 Å². The van der Waals surface area contributed by atoms with Gasteiger partial charge in [0.1, 0.15) is 36.6 Å². The normalized spacial score (nSPS) is 19.4. The molecule has 0 aliphatic carbocycles. The van der Waals surface area contributed by atoms with E-state index in [1.807, 2.05) is 0 Å². The Hall–Kier alpha value is -1.15. The van der Waals surface area contributed by atoms with Crippen molar-refractivity contribution in [2.24, 2.45) is 0 Å². The van der Waals surface area contributed by atoms with Gasteiger partial charge in [-0.25, -0.2) is 0 Å². The Kier molecular flexibility index (Phi) is 54.1. The van der Waals surface area contributed by atoms with E-state index in [1.165, 1.54) is 263 Å². The zero-order valence-corrected chi connectivity index (χ0v) is 51.2. The van der Waals surface area contributed by atoms with Gasteiger partial charge in [-0.1, -0.05) is 315 Å². The van der Waals surface area contributed by atoms with Gasteiger partial charge in [-0.15, -0.1) is 0 Å². The van der Waals surface area contributed by atoms with Crippen LogP contribution in [0.2, 0.25) is 0 Å². The van der Waals surface area contributed by atoms with Crippen molar-refractivity contribution in [2.75, 3.05) is 13.2 Å². The Labute approximate surface area is 481 Å². The van der Waals surface area contributed by atoms with E-state index in [2.05, 4.69) is 31.3 Å². The largest absolute Gasteiger partial charge is 0.394 e. The molecule has 1 fully saturated rings. The number of aliphatic hydroxyl groups is 7. The summed E-state index contributed by atoms with van der Waals surface area (Å²) >= 11 is 0. The quantitative estimate of drug-likeness (QED) is 0.0215. The van der Waals surface area contributed by atoms with Crippen molar-refractivity contribution in [3.63, 3.8) is 0 Å². The molecule has 0 bridgehead atoms. The average molecular weight is 1110 g/mol. The second-order valence-corrected chi connectivity index (χ2v) is 24.3. The number of carbonyl (C=O) groups excluding carboxylic acids is 1. The van der Waals surface area contributed by atoms with Crippen LogP contribution in [0, 0.1) is 0 Å². The zero-order valence-electron chi connectivity index (χ0n) is 51.2. The smallest absolute Gasteiger partial charge is 0.249 e. The predicted molar refractivity (Wildman–Crippen MR) is 326 cm³/mol. The molecule has 0 aromatic carbocycles. The molecule has 0 spiro atoms. The van der Waals surface area contributed by atoms with Crippen molar-refractivity contribution in [1.82, 2.24) is 5.32 Å². The van der Waals surface area contributed by atoms with Gasteiger partial charge in [0.25, 0.3) is 0 Å². The number of allylic oxidation sites excluding steroid dienone is 2. The van der Waals surface area contributed by atoms with Crippen molar-refractivity contribution < 1.29 is 50.0 Å². The summed E-state index contributed by atoms with van der Waals surface area (Å²) in [5.74, 6) is -0.690. The van der Waals surface area contributed by atoms with E-state index < -0.39 is 74.2 Å². The molecule has 464 valence electrons. The van der Waals surface area contributed by atoms with Crippen molar-refractivity contribution in [3.8, 4) is 0 Å². The standard InChI is InChI=1S/C67H131NO10/c1-3-5-7-9-11-13-15-17-19-20-21-22-23-24-25-26-27-28-29-30-31-32-33-34-35-36-37-38-39-41-43-45-47-49-51-53-55-60(71)66(76)68-58(57-77-67-65(75)64(74)63(73)61(56-69)78-67)62(72)59(70)54-52-50-48-46-44-42-40-18-16-14-12-10-8-6-4-2/h28-29,58-65,67,69-75H,3-27,30-57H2,1-2H3,(H,68,76)/b29-28-. The molecule has 1 saturated heterocycles. The van der Waals surface area contributed by atoms with Crippen LogP contribution < -0.4 is 5.32 Å². The van der Waals surface area contributed by atoms with Crippen molar-refractivity contribution in [2.45, 2.75) is 396 Å².